The highest BCUT2D eigenvalue weighted by Crippen LogP contribution is 2.18. The zero-order valence-electron chi connectivity index (χ0n) is 17.2. The molecule has 1 aromatic carbocycles. The minimum atomic E-state index is -3.57. The first-order valence-corrected chi connectivity index (χ1v) is 11.2. The summed E-state index contributed by atoms with van der Waals surface area (Å²) in [6, 6.07) is 7.96. The number of amides is 1. The van der Waals surface area contributed by atoms with Crippen LogP contribution in [0.1, 0.15) is 21.6 Å². The highest BCUT2D eigenvalue weighted by molar-refractivity contribution is 7.89. The molecule has 1 aliphatic rings. The van der Waals surface area contributed by atoms with E-state index in [9.17, 15) is 18.0 Å². The number of aromatic amines is 1. The highest BCUT2D eigenvalue weighted by atomic mass is 32.2. The molecule has 2 aromatic heterocycles. The fourth-order valence-corrected chi connectivity index (χ4v) is 4.96. The molecule has 164 valence electrons. The predicted octanol–water partition coefficient (Wildman–Crippen LogP) is 0.521. The molecule has 0 saturated carbocycles. The lowest BCUT2D eigenvalue weighted by atomic mass is 10.1. The summed E-state index contributed by atoms with van der Waals surface area (Å²) in [5.74, 6) is -0.405. The number of hydrogen-bond donors (Lipinski definition) is 2. The summed E-state index contributed by atoms with van der Waals surface area (Å²) in [4.78, 5) is 29.5. The molecule has 0 aliphatic carbocycles. The molecule has 0 atom stereocenters. The van der Waals surface area contributed by atoms with Crippen molar-refractivity contribution in [3.63, 3.8) is 0 Å². The Hall–Kier alpha value is -3.02. The number of hydrogen-bond acceptors (Lipinski definition) is 6. The largest absolute Gasteiger partial charge is 0.379 e. The molecule has 10 nitrogen and oxygen atoms in total. The van der Waals surface area contributed by atoms with Crippen LogP contribution in [0.25, 0.3) is 11.0 Å². The average molecular weight is 446 g/mol. The monoisotopic (exact) mass is 445 g/mol. The molecule has 11 heteroatoms. The molecule has 0 spiro atoms. The number of nitrogens with zero attached hydrogens (tertiary/aromatic N) is 3. The molecule has 3 heterocycles. The van der Waals surface area contributed by atoms with Gasteiger partial charge in [0.15, 0.2) is 5.65 Å². The van der Waals surface area contributed by atoms with Crippen molar-refractivity contribution >= 4 is 27.0 Å². The number of benzene rings is 1. The van der Waals surface area contributed by atoms with Gasteiger partial charge >= 0.3 is 0 Å². The van der Waals surface area contributed by atoms with Gasteiger partial charge in [0.1, 0.15) is 0 Å². The van der Waals surface area contributed by atoms with Crippen molar-refractivity contribution in [2.45, 2.75) is 18.4 Å². The highest BCUT2D eigenvalue weighted by Gasteiger charge is 2.26. The summed E-state index contributed by atoms with van der Waals surface area (Å²) in [6.07, 6.45) is 0. The number of carbonyl (C=O) groups is 1. The number of H-pyrrole nitrogens is 1. The fourth-order valence-electron chi connectivity index (χ4n) is 3.56. The molecule has 1 fully saturated rings. The van der Waals surface area contributed by atoms with Crippen molar-refractivity contribution in [2.24, 2.45) is 7.05 Å². The van der Waals surface area contributed by atoms with Crippen LogP contribution in [0.5, 0.6) is 0 Å². The minimum Gasteiger partial charge on any atom is -0.379 e. The van der Waals surface area contributed by atoms with Crippen molar-refractivity contribution in [3.8, 4) is 0 Å². The van der Waals surface area contributed by atoms with Gasteiger partial charge in [0.25, 0.3) is 11.5 Å². The van der Waals surface area contributed by atoms with Gasteiger partial charge in [0, 0.05) is 32.4 Å². The van der Waals surface area contributed by atoms with Crippen molar-refractivity contribution in [1.29, 1.82) is 0 Å². The second-order valence-corrected chi connectivity index (χ2v) is 9.29. The van der Waals surface area contributed by atoms with Crippen LogP contribution in [0, 0.1) is 6.92 Å². The normalized spacial score (nSPS) is 15.3. The quantitative estimate of drug-likeness (QED) is 0.590. The molecule has 0 radical (unpaired) electrons. The maximum Gasteiger partial charge on any atom is 0.274 e. The summed E-state index contributed by atoms with van der Waals surface area (Å²) in [7, 11) is -1.91. The Balaban J connectivity index is 1.50. The number of aromatic nitrogens is 3. The number of sulfonamides is 1. The summed E-state index contributed by atoms with van der Waals surface area (Å²) in [5.41, 5.74) is 1.62. The molecule has 2 N–H and O–H groups in total. The number of rotatable bonds is 5. The SMILES string of the molecule is Cc1cc(C(=O)NCc2ccc(S(=O)(=O)N3CCOCC3)cc2)c2c(=O)[nH]n(C)c2n1. The van der Waals surface area contributed by atoms with Crippen LogP contribution in [-0.4, -0.2) is 59.7 Å². The van der Waals surface area contributed by atoms with Crippen LogP contribution < -0.4 is 10.9 Å². The molecule has 0 bridgehead atoms. The van der Waals surface area contributed by atoms with Crippen LogP contribution in [0.2, 0.25) is 0 Å². The van der Waals surface area contributed by atoms with Gasteiger partial charge in [-0.2, -0.15) is 4.31 Å². The molecule has 4 rings (SSSR count). The summed E-state index contributed by atoms with van der Waals surface area (Å²) < 4.78 is 33.5. The number of morpholine rings is 1. The molecule has 1 saturated heterocycles. The zero-order chi connectivity index (χ0) is 22.2. The Labute approximate surface area is 178 Å². The third kappa shape index (κ3) is 4.11. The molecule has 31 heavy (non-hydrogen) atoms. The van der Waals surface area contributed by atoms with Gasteiger partial charge in [0.05, 0.1) is 29.1 Å². The van der Waals surface area contributed by atoms with Crippen molar-refractivity contribution in [2.75, 3.05) is 26.3 Å². The van der Waals surface area contributed by atoms with E-state index in [0.717, 1.165) is 5.56 Å². The maximum atomic E-state index is 12.8. The average Bonchev–Trinajstić information content (AvgIpc) is 3.05. The van der Waals surface area contributed by atoms with E-state index in [1.54, 1.807) is 32.2 Å². The van der Waals surface area contributed by atoms with Gasteiger partial charge in [-0.05, 0) is 30.7 Å². The molecule has 0 unspecified atom stereocenters. The predicted molar refractivity (Wildman–Crippen MR) is 113 cm³/mol. The first-order valence-electron chi connectivity index (χ1n) is 9.79. The number of pyridine rings is 1. The van der Waals surface area contributed by atoms with E-state index in [4.69, 9.17) is 4.74 Å². The van der Waals surface area contributed by atoms with E-state index in [1.165, 1.54) is 21.1 Å². The second-order valence-electron chi connectivity index (χ2n) is 7.35. The van der Waals surface area contributed by atoms with Crippen LogP contribution in [-0.2, 0) is 28.4 Å². The third-order valence-corrected chi connectivity index (χ3v) is 7.08. The Kier molecular flexibility index (Phi) is 5.65. The lowest BCUT2D eigenvalue weighted by molar-refractivity contribution is 0.0730. The van der Waals surface area contributed by atoms with Crippen LogP contribution >= 0.6 is 0 Å². The van der Waals surface area contributed by atoms with Crippen molar-refractivity contribution in [1.82, 2.24) is 24.4 Å². The maximum absolute atomic E-state index is 12.8. The van der Waals surface area contributed by atoms with Crippen LogP contribution in [0.15, 0.2) is 40.0 Å². The van der Waals surface area contributed by atoms with E-state index in [2.05, 4.69) is 15.4 Å². The summed E-state index contributed by atoms with van der Waals surface area (Å²) >= 11 is 0. The molecular formula is C20H23N5O5S. The Morgan fingerprint density at radius 2 is 1.90 bits per heavy atom. The Morgan fingerprint density at radius 3 is 2.58 bits per heavy atom. The molecule has 1 aliphatic heterocycles. The molecule has 3 aromatic rings. The lowest BCUT2D eigenvalue weighted by Crippen LogP contribution is -2.40. The van der Waals surface area contributed by atoms with Gasteiger partial charge in [0.2, 0.25) is 10.0 Å². The lowest BCUT2D eigenvalue weighted by Gasteiger charge is -2.26. The van der Waals surface area contributed by atoms with E-state index < -0.39 is 15.9 Å². The van der Waals surface area contributed by atoms with Gasteiger partial charge in [-0.1, -0.05) is 12.1 Å². The third-order valence-electron chi connectivity index (χ3n) is 5.17. The van der Waals surface area contributed by atoms with Crippen LogP contribution in [0.4, 0.5) is 0 Å². The van der Waals surface area contributed by atoms with E-state index >= 15 is 0 Å². The first kappa shape index (κ1) is 21.2. The number of nitrogens with one attached hydrogen (secondary N) is 2. The number of fused-ring (bicyclic) bond motifs is 1. The number of carbonyl (C=O) groups excluding carboxylic acids is 1. The van der Waals surface area contributed by atoms with E-state index in [-0.39, 0.29) is 27.9 Å². The molecular weight excluding hydrogens is 422 g/mol. The Bertz CT molecular complexity index is 1290. The van der Waals surface area contributed by atoms with Gasteiger partial charge in [-0.15, -0.1) is 0 Å². The second kappa shape index (κ2) is 8.25. The van der Waals surface area contributed by atoms with Crippen molar-refractivity contribution in [3.05, 3.63) is 57.5 Å². The summed E-state index contributed by atoms with van der Waals surface area (Å²) in [5, 5.41) is 5.63. The zero-order valence-corrected chi connectivity index (χ0v) is 18.0. The standard InChI is InChI=1S/C20H23N5O5S/c1-13-11-16(17-18(22-13)24(2)23-20(17)27)19(26)21-12-14-3-5-15(6-4-14)31(28,29)25-7-9-30-10-8-25/h3-6,11H,7-10,12H2,1-2H3,(H,21,26)(H,23,27). The number of ether oxygens (including phenoxy) is 1. The first-order chi connectivity index (χ1) is 14.8. The van der Waals surface area contributed by atoms with Gasteiger partial charge < -0.3 is 10.1 Å². The van der Waals surface area contributed by atoms with Crippen LogP contribution in [0.3, 0.4) is 0 Å². The number of aryl methyl sites for hydroxylation is 2. The van der Waals surface area contributed by atoms with E-state index in [1.807, 2.05) is 0 Å². The Morgan fingerprint density at radius 1 is 1.23 bits per heavy atom. The van der Waals surface area contributed by atoms with Gasteiger partial charge in [-0.25, -0.2) is 13.4 Å². The van der Waals surface area contributed by atoms with E-state index in [0.29, 0.717) is 37.6 Å². The van der Waals surface area contributed by atoms with Crippen molar-refractivity contribution < 1.29 is 17.9 Å². The fraction of sp³-hybridized carbons (Fsp3) is 0.350. The molecule has 1 amide bonds. The summed E-state index contributed by atoms with van der Waals surface area (Å²) in [6.45, 7) is 3.37. The smallest absolute Gasteiger partial charge is 0.274 e. The topological polar surface area (TPSA) is 126 Å². The minimum absolute atomic E-state index is 0.185. The van der Waals surface area contributed by atoms with Gasteiger partial charge in [-0.3, -0.25) is 19.4 Å².